The van der Waals surface area contributed by atoms with Crippen molar-refractivity contribution in [3.8, 4) is 130 Å². The zero-order chi connectivity index (χ0) is 47.9. The van der Waals surface area contributed by atoms with E-state index in [4.69, 9.17) is 31.4 Å². The molecule has 9 N–H and O–H groups in total. The molecule has 0 saturated carbocycles. The summed E-state index contributed by atoms with van der Waals surface area (Å²) in [5.74, 6) is -10.8. The van der Waals surface area contributed by atoms with Crippen LogP contribution in [0.3, 0.4) is 0 Å². The number of phenols is 9. The lowest BCUT2D eigenvalue weighted by molar-refractivity contribution is 0.380. The van der Waals surface area contributed by atoms with Crippen LogP contribution >= 0.6 is 11.3 Å². The molecule has 320 valence electrons. The molecule has 0 atom stereocenters. The molecule has 0 aliphatic rings. The molecule has 0 fully saturated rings. The normalized spacial score (nSPS) is 11.4. The molecule has 0 amide bonds. The molecule has 8 aromatic carbocycles. The molecule has 0 saturated heterocycles. The molecule has 2 heterocycles. The second kappa shape index (κ2) is 16.4. The van der Waals surface area contributed by atoms with Gasteiger partial charge in [0, 0.05) is 36.9 Å². The maximum Gasteiger partial charge on any atom is 0.172 e. The summed E-state index contributed by atoms with van der Waals surface area (Å²) in [6, 6.07) is 38.3. The van der Waals surface area contributed by atoms with Gasteiger partial charge >= 0.3 is 0 Å². The number of nitrogens with zero attached hydrogens (tertiary/aromatic N) is 3. The Balaban J connectivity index is 1.27. The molecule has 17 heteroatoms. The molecule has 12 nitrogen and oxygen atoms in total. The molecule has 0 bridgehead atoms. The first-order valence-electron chi connectivity index (χ1n) is 20.5. The number of hydrogen-bond acceptors (Lipinski definition) is 13. The van der Waals surface area contributed by atoms with Crippen LogP contribution in [0, 0.1) is 0 Å². The van der Waals surface area contributed by atoms with Crippen molar-refractivity contribution in [1.29, 1.82) is 0 Å². The smallest absolute Gasteiger partial charge is 0.172 e. The Bertz CT molecular complexity index is 3580. The monoisotopic (exact) mass is 903 g/mol. The molecule has 0 unspecified atom stereocenters. The lowest BCUT2D eigenvalue weighted by atomic mass is 9.78. The van der Waals surface area contributed by atoms with Gasteiger partial charge in [-0.05, 0) is 44.2 Å². The quantitative estimate of drug-likeness (QED) is 0.0480. The van der Waals surface area contributed by atoms with E-state index in [0.29, 0.717) is 15.8 Å². The molecule has 0 aliphatic carbocycles. The van der Waals surface area contributed by atoms with Crippen LogP contribution in [0.2, 0.25) is 0 Å². The predicted molar refractivity (Wildman–Crippen MR) is 267 cm³/mol. The fourth-order valence-corrected chi connectivity index (χ4v) is 9.81. The van der Waals surface area contributed by atoms with E-state index >= 15 is 0 Å². The third-order valence-corrected chi connectivity index (χ3v) is 13.2. The minimum absolute atomic E-state index is 0.0211. The van der Waals surface area contributed by atoms with E-state index in [-0.39, 0.29) is 16.6 Å². The number of rotatable bonds is 7. The van der Waals surface area contributed by atoms with Crippen LogP contribution in [0.1, 0.15) is 0 Å². The Morgan fingerprint density at radius 2 is 0.706 bits per heavy atom. The molecule has 10 aromatic rings. The first-order chi connectivity index (χ1) is 32.7. The Morgan fingerprint density at radius 1 is 0.294 bits per heavy atom. The van der Waals surface area contributed by atoms with Gasteiger partial charge in [-0.2, -0.15) is 0 Å². The second-order valence-corrected chi connectivity index (χ2v) is 16.8. The maximum absolute atomic E-state index is 12.7. The van der Waals surface area contributed by atoms with Gasteiger partial charge in [0.05, 0.1) is 5.56 Å². The van der Waals surface area contributed by atoms with Crippen LogP contribution < -0.4 is 21.9 Å². The first kappa shape index (κ1) is 43.3. The summed E-state index contributed by atoms with van der Waals surface area (Å²) in [5.41, 5.74) is 0.767. The third-order valence-electron chi connectivity index (χ3n) is 11.9. The summed E-state index contributed by atoms with van der Waals surface area (Å²) in [4.78, 5) is 13.1. The number of fused-ring (bicyclic) bond motifs is 3. The van der Waals surface area contributed by atoms with Gasteiger partial charge in [0.2, 0.25) is 0 Å². The van der Waals surface area contributed by atoms with E-state index in [9.17, 15) is 46.0 Å². The number of hydrogen-bond donors (Lipinski definition) is 9. The number of aromatic nitrogens is 3. The number of thiophene rings is 1. The van der Waals surface area contributed by atoms with Gasteiger partial charge < -0.3 is 46.0 Å². The number of phenolic OH excluding ortho intramolecular Hbond substituents is 9. The van der Waals surface area contributed by atoms with Gasteiger partial charge in [-0.1, -0.05) is 127 Å². The molecular formula is C51H29B4N3O9S. The van der Waals surface area contributed by atoms with Crippen molar-refractivity contribution in [3.05, 3.63) is 121 Å². The topological polar surface area (TPSA) is 221 Å². The predicted octanol–water partition coefficient (Wildman–Crippen LogP) is 6.43. The lowest BCUT2D eigenvalue weighted by Gasteiger charge is -2.21. The van der Waals surface area contributed by atoms with Crippen LogP contribution in [0.25, 0.3) is 98.8 Å². The minimum Gasteiger partial charge on any atom is -0.509 e. The molecular weight excluding hydrogens is 874 g/mol. The second-order valence-electron chi connectivity index (χ2n) is 15.7. The number of aromatic hydroxyl groups is 9. The van der Waals surface area contributed by atoms with Gasteiger partial charge in [0.25, 0.3) is 0 Å². The average Bonchev–Trinajstić information content (AvgIpc) is 3.74. The number of benzene rings is 8. The summed E-state index contributed by atoms with van der Waals surface area (Å²) >= 11 is 1.46. The van der Waals surface area contributed by atoms with Gasteiger partial charge in [0.1, 0.15) is 59.8 Å². The van der Waals surface area contributed by atoms with Gasteiger partial charge in [-0.25, -0.2) is 15.0 Å². The highest BCUT2D eigenvalue weighted by Crippen LogP contribution is 2.52. The first-order valence-corrected chi connectivity index (χ1v) is 21.4. The van der Waals surface area contributed by atoms with Crippen molar-refractivity contribution in [3.63, 3.8) is 0 Å². The Hall–Kier alpha value is -8.55. The van der Waals surface area contributed by atoms with E-state index in [0.717, 1.165) is 37.7 Å². The largest absolute Gasteiger partial charge is 0.509 e. The highest BCUT2D eigenvalue weighted by atomic mass is 32.1. The van der Waals surface area contributed by atoms with E-state index in [1.165, 1.54) is 11.3 Å². The summed E-state index contributed by atoms with van der Waals surface area (Å²) < 4.78 is 1.65. The third kappa shape index (κ3) is 6.69. The summed E-state index contributed by atoms with van der Waals surface area (Å²) in [6.07, 6.45) is 0. The molecule has 10 rings (SSSR count). The zero-order valence-electron chi connectivity index (χ0n) is 35.1. The van der Waals surface area contributed by atoms with Crippen molar-refractivity contribution < 1.29 is 46.0 Å². The van der Waals surface area contributed by atoms with E-state index < -0.39 is 102 Å². The minimum atomic E-state index is -1.12. The van der Waals surface area contributed by atoms with Crippen molar-refractivity contribution in [1.82, 2.24) is 15.0 Å². The van der Waals surface area contributed by atoms with Crippen molar-refractivity contribution in [2.45, 2.75) is 0 Å². The van der Waals surface area contributed by atoms with Gasteiger partial charge in [-0.3, -0.25) is 0 Å². The Kier molecular flexibility index (Phi) is 10.5. The highest BCUT2D eigenvalue weighted by molar-refractivity contribution is 7.27. The van der Waals surface area contributed by atoms with Crippen LogP contribution in [0.5, 0.6) is 51.7 Å². The van der Waals surface area contributed by atoms with Crippen molar-refractivity contribution >= 4 is 84.7 Å². The lowest BCUT2D eigenvalue weighted by Crippen LogP contribution is -2.19. The average molecular weight is 903 g/mol. The molecule has 0 aliphatic heterocycles. The fraction of sp³-hybridized carbons (Fsp3) is 0. The van der Waals surface area contributed by atoms with Crippen molar-refractivity contribution in [2.75, 3.05) is 0 Å². The standard InChI is InChI=1S/C51H29B4N3O9S/c52-34-29(24-11-5-2-6-12-24)38(59)32(50-56-49(31-35(53)43(64)36(54)44(65)40(31)61)57-51(58-50)33-41(62)45(66)37(55)46(67)42(33)63)39(60)30(34)28-16-8-15-27-26-14-7-13-25(47(26)68-48(27)28)23-19-17-22(18-20-23)21-9-3-1-4-10-21/h1-20,59-67H. The molecule has 68 heavy (non-hydrogen) atoms. The van der Waals surface area contributed by atoms with Crippen LogP contribution in [0.15, 0.2) is 121 Å². The summed E-state index contributed by atoms with van der Waals surface area (Å²) in [7, 11) is 24.8. The molecule has 0 spiro atoms. The molecule has 2 aromatic heterocycles. The van der Waals surface area contributed by atoms with E-state index in [1.54, 1.807) is 42.5 Å². The SMILES string of the molecule is [B]c1c(O)c([B])c(-c2nc(-c3c(O)c(O)c([B])c(O)c3O)nc(-c3c(O)c(-c4ccccc4)c([B])c(-c4cccc5c4sc4c(-c6ccc(-c7ccccc7)cc6)cccc45)c3O)n2)c(O)c1O. The zero-order valence-corrected chi connectivity index (χ0v) is 35.9. The van der Waals surface area contributed by atoms with Crippen LogP contribution in [-0.4, -0.2) is 92.3 Å². The van der Waals surface area contributed by atoms with E-state index in [2.05, 4.69) is 39.2 Å². The Morgan fingerprint density at radius 3 is 1.26 bits per heavy atom. The Labute approximate surface area is 395 Å². The van der Waals surface area contributed by atoms with Crippen LogP contribution in [-0.2, 0) is 0 Å². The summed E-state index contributed by atoms with van der Waals surface area (Å²) in [5, 5.41) is 103. The van der Waals surface area contributed by atoms with Gasteiger partial charge in [0.15, 0.2) is 52.0 Å². The maximum atomic E-state index is 12.7. The van der Waals surface area contributed by atoms with Crippen LogP contribution in [0.4, 0.5) is 0 Å². The van der Waals surface area contributed by atoms with Gasteiger partial charge in [-0.15, -0.1) is 11.3 Å². The summed E-state index contributed by atoms with van der Waals surface area (Å²) in [6.45, 7) is 0. The molecule has 8 radical (unpaired) electrons. The highest BCUT2D eigenvalue weighted by Gasteiger charge is 2.32. The van der Waals surface area contributed by atoms with Crippen molar-refractivity contribution in [2.24, 2.45) is 0 Å². The fourth-order valence-electron chi connectivity index (χ4n) is 8.46. The van der Waals surface area contributed by atoms with E-state index in [1.807, 2.05) is 54.6 Å².